The van der Waals surface area contributed by atoms with E-state index in [-0.39, 0.29) is 5.56 Å². The van der Waals surface area contributed by atoms with Crippen LogP contribution < -0.4 is 5.32 Å². The Labute approximate surface area is 80.9 Å². The maximum absolute atomic E-state index is 11.1. The van der Waals surface area contributed by atoms with Crippen LogP contribution in [-0.2, 0) is 4.74 Å². The van der Waals surface area contributed by atoms with Crippen molar-refractivity contribution in [3.05, 3.63) is 22.8 Å². The van der Waals surface area contributed by atoms with Gasteiger partial charge in [0, 0.05) is 13.2 Å². The summed E-state index contributed by atoms with van der Waals surface area (Å²) in [5.41, 5.74) is 0.267. The molecule has 0 atom stereocenters. The fourth-order valence-corrected chi connectivity index (χ4v) is 1.06. The highest BCUT2D eigenvalue weighted by Crippen LogP contribution is 2.18. The SMILES string of the molecule is CNc1cc(Cl)c(C(=O)OC)cn1. The average Bonchev–Trinajstić information content (AvgIpc) is 2.16. The number of carbonyl (C=O) groups is 1. The summed E-state index contributed by atoms with van der Waals surface area (Å²) < 4.78 is 4.51. The molecule has 0 aromatic carbocycles. The molecule has 1 heterocycles. The summed E-state index contributed by atoms with van der Waals surface area (Å²) in [5.74, 6) is 0.123. The molecule has 0 aliphatic rings. The molecule has 0 aliphatic heterocycles. The van der Waals surface area contributed by atoms with E-state index in [1.165, 1.54) is 13.3 Å². The standard InChI is InChI=1S/C8H9ClN2O2/c1-10-7-3-6(9)5(4-11-7)8(12)13-2/h3-4H,1-2H3,(H,10,11). The van der Waals surface area contributed by atoms with E-state index in [9.17, 15) is 4.79 Å². The monoisotopic (exact) mass is 200 g/mol. The first-order valence-corrected chi connectivity index (χ1v) is 3.98. The lowest BCUT2D eigenvalue weighted by molar-refractivity contribution is 0.0600. The predicted octanol–water partition coefficient (Wildman–Crippen LogP) is 1.56. The van der Waals surface area contributed by atoms with E-state index in [2.05, 4.69) is 15.0 Å². The lowest BCUT2D eigenvalue weighted by Crippen LogP contribution is -2.03. The highest BCUT2D eigenvalue weighted by atomic mass is 35.5. The van der Waals surface area contributed by atoms with Crippen LogP contribution in [0.25, 0.3) is 0 Å². The number of carbonyl (C=O) groups excluding carboxylic acids is 1. The second kappa shape index (κ2) is 4.09. The minimum Gasteiger partial charge on any atom is -0.465 e. The number of pyridine rings is 1. The van der Waals surface area contributed by atoms with Crippen molar-refractivity contribution in [1.29, 1.82) is 0 Å². The predicted molar refractivity (Wildman–Crippen MR) is 50.1 cm³/mol. The molecule has 5 heteroatoms. The molecule has 1 N–H and O–H groups in total. The Bertz CT molecular complexity index is 328. The van der Waals surface area contributed by atoms with Crippen molar-refractivity contribution in [3.63, 3.8) is 0 Å². The van der Waals surface area contributed by atoms with E-state index in [0.29, 0.717) is 10.8 Å². The van der Waals surface area contributed by atoms with Gasteiger partial charge >= 0.3 is 5.97 Å². The van der Waals surface area contributed by atoms with Crippen molar-refractivity contribution < 1.29 is 9.53 Å². The Hall–Kier alpha value is -1.29. The van der Waals surface area contributed by atoms with E-state index in [1.54, 1.807) is 13.1 Å². The van der Waals surface area contributed by atoms with Gasteiger partial charge in [-0.1, -0.05) is 11.6 Å². The van der Waals surface area contributed by atoms with Gasteiger partial charge in [0.1, 0.15) is 5.82 Å². The molecule has 13 heavy (non-hydrogen) atoms. The fraction of sp³-hybridized carbons (Fsp3) is 0.250. The first-order chi connectivity index (χ1) is 6.19. The second-order valence-electron chi connectivity index (χ2n) is 2.29. The van der Waals surface area contributed by atoms with Gasteiger partial charge in [0.25, 0.3) is 0 Å². The van der Waals surface area contributed by atoms with Crippen molar-refractivity contribution in [2.75, 3.05) is 19.5 Å². The zero-order valence-corrected chi connectivity index (χ0v) is 8.05. The number of rotatable bonds is 2. The van der Waals surface area contributed by atoms with E-state index < -0.39 is 5.97 Å². The van der Waals surface area contributed by atoms with E-state index in [0.717, 1.165) is 0 Å². The van der Waals surface area contributed by atoms with Gasteiger partial charge in [-0.05, 0) is 6.07 Å². The van der Waals surface area contributed by atoms with Crippen LogP contribution in [0.1, 0.15) is 10.4 Å². The maximum atomic E-state index is 11.1. The van der Waals surface area contributed by atoms with Crippen LogP contribution in [0.3, 0.4) is 0 Å². The Morgan fingerprint density at radius 3 is 2.85 bits per heavy atom. The number of nitrogens with zero attached hydrogens (tertiary/aromatic N) is 1. The summed E-state index contributed by atoms with van der Waals surface area (Å²) in [6, 6.07) is 1.56. The highest BCUT2D eigenvalue weighted by Gasteiger charge is 2.10. The first kappa shape index (κ1) is 9.80. The van der Waals surface area contributed by atoms with Crippen LogP contribution >= 0.6 is 11.6 Å². The van der Waals surface area contributed by atoms with Crippen molar-refractivity contribution in [1.82, 2.24) is 4.98 Å². The summed E-state index contributed by atoms with van der Waals surface area (Å²) in [5, 5.41) is 3.13. The molecule has 0 radical (unpaired) electrons. The molecular weight excluding hydrogens is 192 g/mol. The number of hydrogen-bond donors (Lipinski definition) is 1. The molecule has 1 aromatic rings. The van der Waals surface area contributed by atoms with Crippen LogP contribution in [0.5, 0.6) is 0 Å². The number of methoxy groups -OCH3 is 1. The molecule has 1 aromatic heterocycles. The molecular formula is C8H9ClN2O2. The number of nitrogens with one attached hydrogen (secondary N) is 1. The van der Waals surface area contributed by atoms with Crippen molar-refractivity contribution in [2.24, 2.45) is 0 Å². The van der Waals surface area contributed by atoms with Crippen LogP contribution in [0, 0.1) is 0 Å². The molecule has 0 spiro atoms. The van der Waals surface area contributed by atoms with Gasteiger partial charge in [-0.2, -0.15) is 0 Å². The molecule has 0 fully saturated rings. The maximum Gasteiger partial charge on any atom is 0.340 e. The number of aromatic nitrogens is 1. The Morgan fingerprint density at radius 2 is 2.38 bits per heavy atom. The number of hydrogen-bond acceptors (Lipinski definition) is 4. The number of ether oxygens (including phenoxy) is 1. The number of halogens is 1. The van der Waals surface area contributed by atoms with Crippen molar-refractivity contribution >= 4 is 23.4 Å². The average molecular weight is 201 g/mol. The summed E-state index contributed by atoms with van der Waals surface area (Å²) in [6.45, 7) is 0. The second-order valence-corrected chi connectivity index (χ2v) is 2.70. The zero-order chi connectivity index (χ0) is 9.84. The summed E-state index contributed by atoms with van der Waals surface area (Å²) in [7, 11) is 3.02. The zero-order valence-electron chi connectivity index (χ0n) is 7.30. The lowest BCUT2D eigenvalue weighted by atomic mass is 10.3. The van der Waals surface area contributed by atoms with E-state index in [4.69, 9.17) is 11.6 Å². The van der Waals surface area contributed by atoms with Gasteiger partial charge in [-0.15, -0.1) is 0 Å². The van der Waals surface area contributed by atoms with Crippen LogP contribution in [0.2, 0.25) is 5.02 Å². The fourth-order valence-electron chi connectivity index (χ4n) is 0.828. The molecule has 0 bridgehead atoms. The Balaban J connectivity index is 3.05. The van der Waals surface area contributed by atoms with Gasteiger partial charge in [0.15, 0.2) is 0 Å². The van der Waals surface area contributed by atoms with Gasteiger partial charge in [0.2, 0.25) is 0 Å². The molecule has 0 saturated heterocycles. The molecule has 0 saturated carbocycles. The summed E-state index contributed by atoms with van der Waals surface area (Å²) >= 11 is 5.80. The normalized spacial score (nSPS) is 9.46. The smallest absolute Gasteiger partial charge is 0.340 e. The largest absolute Gasteiger partial charge is 0.465 e. The minimum atomic E-state index is -0.486. The van der Waals surface area contributed by atoms with Gasteiger partial charge < -0.3 is 10.1 Å². The molecule has 0 aliphatic carbocycles. The van der Waals surface area contributed by atoms with E-state index >= 15 is 0 Å². The summed E-state index contributed by atoms with van der Waals surface area (Å²) in [4.78, 5) is 15.0. The third-order valence-electron chi connectivity index (χ3n) is 1.51. The Morgan fingerprint density at radius 1 is 1.69 bits per heavy atom. The molecule has 1 rings (SSSR count). The number of anilines is 1. The topological polar surface area (TPSA) is 51.2 Å². The van der Waals surface area contributed by atoms with Crippen molar-refractivity contribution in [2.45, 2.75) is 0 Å². The van der Waals surface area contributed by atoms with Gasteiger partial charge in [-0.3, -0.25) is 0 Å². The van der Waals surface area contributed by atoms with E-state index in [1.807, 2.05) is 0 Å². The third-order valence-corrected chi connectivity index (χ3v) is 1.83. The first-order valence-electron chi connectivity index (χ1n) is 3.60. The quantitative estimate of drug-likeness (QED) is 0.737. The molecule has 0 unspecified atom stereocenters. The van der Waals surface area contributed by atoms with Crippen LogP contribution in [0.4, 0.5) is 5.82 Å². The molecule has 4 nitrogen and oxygen atoms in total. The lowest BCUT2D eigenvalue weighted by Gasteiger charge is -2.03. The number of esters is 1. The third kappa shape index (κ3) is 2.09. The molecule has 70 valence electrons. The van der Waals surface area contributed by atoms with Gasteiger partial charge in [0.05, 0.1) is 17.7 Å². The van der Waals surface area contributed by atoms with Gasteiger partial charge in [-0.25, -0.2) is 9.78 Å². The minimum absolute atomic E-state index is 0.267. The summed E-state index contributed by atoms with van der Waals surface area (Å²) in [6.07, 6.45) is 1.38. The Kier molecular flexibility index (Phi) is 3.08. The molecule has 0 amide bonds. The van der Waals surface area contributed by atoms with Crippen LogP contribution in [0.15, 0.2) is 12.3 Å². The highest BCUT2D eigenvalue weighted by molar-refractivity contribution is 6.33. The van der Waals surface area contributed by atoms with Crippen molar-refractivity contribution in [3.8, 4) is 0 Å². The van der Waals surface area contributed by atoms with Crippen LogP contribution in [-0.4, -0.2) is 25.1 Å².